The van der Waals surface area contributed by atoms with Crippen molar-refractivity contribution in [1.29, 1.82) is 0 Å². The maximum absolute atomic E-state index is 13.1. The highest BCUT2D eigenvalue weighted by Gasteiger charge is 2.48. The van der Waals surface area contributed by atoms with Crippen LogP contribution in [0.4, 0.5) is 0 Å². The molecule has 0 saturated carbocycles. The lowest BCUT2D eigenvalue weighted by Crippen LogP contribution is -2.39. The minimum Gasteiger partial charge on any atom is -0.351 e. The number of amides is 1. The van der Waals surface area contributed by atoms with Crippen LogP contribution >= 0.6 is 0 Å². The Morgan fingerprint density at radius 1 is 1.22 bits per heavy atom. The van der Waals surface area contributed by atoms with E-state index >= 15 is 0 Å². The SMILES string of the molecule is O=C1NC2CCNC2C1C(=O)c1ccccc1CN1CCCC1. The third kappa shape index (κ3) is 2.68. The second-order valence-corrected chi connectivity index (χ2v) is 6.87. The molecular formula is C18H23N3O2. The van der Waals surface area contributed by atoms with Crippen molar-refractivity contribution in [2.75, 3.05) is 19.6 Å². The zero-order chi connectivity index (χ0) is 15.8. The molecule has 3 fully saturated rings. The molecule has 0 spiro atoms. The van der Waals surface area contributed by atoms with E-state index in [2.05, 4.69) is 15.5 Å². The fraction of sp³-hybridized carbons (Fsp3) is 0.556. The predicted octanol–water partition coefficient (Wildman–Crippen LogP) is 0.942. The Balaban J connectivity index is 1.59. The van der Waals surface area contributed by atoms with Crippen LogP contribution in [0.1, 0.15) is 35.2 Å². The highest BCUT2D eigenvalue weighted by Crippen LogP contribution is 2.28. The molecule has 1 aromatic rings. The van der Waals surface area contributed by atoms with E-state index < -0.39 is 5.92 Å². The predicted molar refractivity (Wildman–Crippen MR) is 87.1 cm³/mol. The molecule has 0 bridgehead atoms. The summed E-state index contributed by atoms with van der Waals surface area (Å²) < 4.78 is 0. The number of hydrogen-bond acceptors (Lipinski definition) is 4. The quantitative estimate of drug-likeness (QED) is 0.641. The van der Waals surface area contributed by atoms with Crippen LogP contribution in [0.25, 0.3) is 0 Å². The molecule has 3 aliphatic heterocycles. The van der Waals surface area contributed by atoms with Crippen LogP contribution in [-0.2, 0) is 11.3 Å². The van der Waals surface area contributed by atoms with E-state index in [0.717, 1.165) is 38.2 Å². The summed E-state index contributed by atoms with van der Waals surface area (Å²) in [7, 11) is 0. The molecule has 23 heavy (non-hydrogen) atoms. The molecular weight excluding hydrogens is 290 g/mol. The van der Waals surface area contributed by atoms with Crippen molar-refractivity contribution in [3.63, 3.8) is 0 Å². The van der Waals surface area contributed by atoms with Gasteiger partial charge in [-0.25, -0.2) is 0 Å². The van der Waals surface area contributed by atoms with Crippen molar-refractivity contribution >= 4 is 11.7 Å². The second-order valence-electron chi connectivity index (χ2n) is 6.87. The van der Waals surface area contributed by atoms with Crippen LogP contribution in [0.3, 0.4) is 0 Å². The Morgan fingerprint density at radius 2 is 2.00 bits per heavy atom. The van der Waals surface area contributed by atoms with Crippen molar-refractivity contribution in [1.82, 2.24) is 15.5 Å². The summed E-state index contributed by atoms with van der Waals surface area (Å²) in [4.78, 5) is 27.7. The van der Waals surface area contributed by atoms with Gasteiger partial charge >= 0.3 is 0 Å². The van der Waals surface area contributed by atoms with Gasteiger partial charge in [-0.05, 0) is 44.5 Å². The summed E-state index contributed by atoms with van der Waals surface area (Å²) in [5.74, 6) is -0.727. The first-order valence-corrected chi connectivity index (χ1v) is 8.62. The summed E-state index contributed by atoms with van der Waals surface area (Å²) in [6.07, 6.45) is 3.37. The second kappa shape index (κ2) is 6.06. The van der Waals surface area contributed by atoms with E-state index in [4.69, 9.17) is 0 Å². The van der Waals surface area contributed by atoms with Crippen LogP contribution in [0.2, 0.25) is 0 Å². The first-order chi connectivity index (χ1) is 11.2. The lowest BCUT2D eigenvalue weighted by Gasteiger charge is -2.20. The Hall–Kier alpha value is -1.72. The molecule has 3 heterocycles. The number of likely N-dealkylation sites (tertiary alicyclic amines) is 1. The van der Waals surface area contributed by atoms with Crippen molar-refractivity contribution in [2.24, 2.45) is 5.92 Å². The highest BCUT2D eigenvalue weighted by atomic mass is 16.2. The molecule has 1 amide bonds. The fourth-order valence-corrected chi connectivity index (χ4v) is 4.20. The molecule has 0 aliphatic carbocycles. The van der Waals surface area contributed by atoms with Crippen LogP contribution in [0.5, 0.6) is 0 Å². The smallest absolute Gasteiger partial charge is 0.232 e. The van der Waals surface area contributed by atoms with E-state index in [1.54, 1.807) is 0 Å². The molecule has 1 aromatic carbocycles. The van der Waals surface area contributed by atoms with Gasteiger partial charge in [-0.1, -0.05) is 24.3 Å². The molecule has 3 aliphatic rings. The van der Waals surface area contributed by atoms with Crippen molar-refractivity contribution < 1.29 is 9.59 Å². The minimum atomic E-state index is -0.581. The number of Topliss-reactive ketones (excluding diaryl/α,β-unsaturated/α-hetero) is 1. The average Bonchev–Trinajstić information content (AvgIpc) is 3.25. The van der Waals surface area contributed by atoms with Gasteiger partial charge in [0.25, 0.3) is 0 Å². The highest BCUT2D eigenvalue weighted by molar-refractivity contribution is 6.12. The van der Waals surface area contributed by atoms with Crippen LogP contribution in [-0.4, -0.2) is 48.3 Å². The number of nitrogens with one attached hydrogen (secondary N) is 2. The molecule has 3 saturated heterocycles. The monoisotopic (exact) mass is 313 g/mol. The van der Waals surface area contributed by atoms with Gasteiger partial charge in [-0.15, -0.1) is 0 Å². The Bertz CT molecular complexity index is 624. The number of ketones is 1. The first-order valence-electron chi connectivity index (χ1n) is 8.62. The van der Waals surface area contributed by atoms with Crippen LogP contribution < -0.4 is 10.6 Å². The number of fused-ring (bicyclic) bond motifs is 1. The van der Waals surface area contributed by atoms with Gasteiger partial charge in [0.2, 0.25) is 5.91 Å². The molecule has 3 atom stereocenters. The third-order valence-electron chi connectivity index (χ3n) is 5.40. The normalized spacial score (nSPS) is 30.4. The lowest BCUT2D eigenvalue weighted by molar-refractivity contribution is -0.121. The van der Waals surface area contributed by atoms with Crippen LogP contribution in [0, 0.1) is 5.92 Å². The number of carbonyl (C=O) groups excluding carboxylic acids is 2. The molecule has 2 N–H and O–H groups in total. The van der Waals surface area contributed by atoms with Gasteiger partial charge in [0.15, 0.2) is 5.78 Å². The van der Waals surface area contributed by atoms with Crippen molar-refractivity contribution in [2.45, 2.75) is 37.9 Å². The maximum Gasteiger partial charge on any atom is 0.232 e. The van der Waals surface area contributed by atoms with E-state index in [0.29, 0.717) is 5.56 Å². The summed E-state index contributed by atoms with van der Waals surface area (Å²) >= 11 is 0. The van der Waals surface area contributed by atoms with E-state index in [-0.39, 0.29) is 23.8 Å². The summed E-state index contributed by atoms with van der Waals surface area (Å²) in [6.45, 7) is 3.87. The Kier molecular flexibility index (Phi) is 3.91. The van der Waals surface area contributed by atoms with Gasteiger partial charge in [0.05, 0.1) is 0 Å². The van der Waals surface area contributed by atoms with Crippen LogP contribution in [0.15, 0.2) is 24.3 Å². The zero-order valence-corrected chi connectivity index (χ0v) is 13.3. The van der Waals surface area contributed by atoms with Gasteiger partial charge < -0.3 is 10.6 Å². The summed E-state index contributed by atoms with van der Waals surface area (Å²) in [5.41, 5.74) is 1.77. The molecule has 4 rings (SSSR count). The standard InChI is InChI=1S/C18H23N3O2/c22-17(15-16-14(7-8-19-16)20-18(15)23)13-6-2-1-5-12(13)11-21-9-3-4-10-21/h1-2,5-6,14-16,19H,3-4,7-11H2,(H,20,23). The van der Waals surface area contributed by atoms with Crippen molar-refractivity contribution in [3.8, 4) is 0 Å². The molecule has 0 radical (unpaired) electrons. The minimum absolute atomic E-state index is 0.0285. The fourth-order valence-electron chi connectivity index (χ4n) is 4.20. The first kappa shape index (κ1) is 14.8. The topological polar surface area (TPSA) is 61.4 Å². The Labute approximate surface area is 136 Å². The number of benzene rings is 1. The number of hydrogen-bond donors (Lipinski definition) is 2. The third-order valence-corrected chi connectivity index (χ3v) is 5.40. The van der Waals surface area contributed by atoms with Gasteiger partial charge in [-0.2, -0.15) is 0 Å². The Morgan fingerprint density at radius 3 is 2.83 bits per heavy atom. The molecule has 122 valence electrons. The average molecular weight is 313 g/mol. The van der Waals surface area contributed by atoms with Crippen molar-refractivity contribution in [3.05, 3.63) is 35.4 Å². The van der Waals surface area contributed by atoms with E-state index in [1.807, 2.05) is 24.3 Å². The van der Waals surface area contributed by atoms with E-state index in [1.165, 1.54) is 12.8 Å². The zero-order valence-electron chi connectivity index (χ0n) is 13.3. The van der Waals surface area contributed by atoms with Gasteiger partial charge in [0, 0.05) is 24.2 Å². The largest absolute Gasteiger partial charge is 0.351 e. The number of rotatable bonds is 4. The number of carbonyl (C=O) groups is 2. The lowest BCUT2D eigenvalue weighted by atomic mass is 9.89. The molecule has 0 aromatic heterocycles. The van der Waals surface area contributed by atoms with Gasteiger partial charge in [-0.3, -0.25) is 14.5 Å². The molecule has 5 heteroatoms. The van der Waals surface area contributed by atoms with E-state index in [9.17, 15) is 9.59 Å². The molecule has 3 unspecified atom stereocenters. The summed E-state index contributed by atoms with van der Waals surface area (Å²) in [6, 6.07) is 7.85. The maximum atomic E-state index is 13.1. The molecule has 5 nitrogen and oxygen atoms in total. The summed E-state index contributed by atoms with van der Waals surface area (Å²) in [5, 5.41) is 6.30. The van der Waals surface area contributed by atoms with Gasteiger partial charge in [0.1, 0.15) is 5.92 Å². The number of nitrogens with zero attached hydrogens (tertiary/aromatic N) is 1.